The van der Waals surface area contributed by atoms with Crippen molar-refractivity contribution in [2.24, 2.45) is 5.41 Å². The van der Waals surface area contributed by atoms with E-state index < -0.39 is 11.4 Å². The Labute approximate surface area is 129 Å². The highest BCUT2D eigenvalue weighted by Crippen LogP contribution is 2.46. The van der Waals surface area contributed by atoms with E-state index in [1.165, 1.54) is 31.5 Å². The molecule has 1 N–H and O–H groups in total. The summed E-state index contributed by atoms with van der Waals surface area (Å²) in [5, 5.41) is 18.9. The molecule has 6 heteroatoms. The van der Waals surface area contributed by atoms with Crippen molar-refractivity contribution in [2.45, 2.75) is 69.5 Å². The number of thioether (sulfide) groups is 1. The Morgan fingerprint density at radius 3 is 2.62 bits per heavy atom. The Morgan fingerprint density at radius 1 is 1.33 bits per heavy atom. The number of hydrogen-bond acceptors (Lipinski definition) is 4. The first-order valence-electron chi connectivity index (χ1n) is 7.80. The Bertz CT molecular complexity index is 533. The molecule has 0 amide bonds. The fourth-order valence-corrected chi connectivity index (χ4v) is 3.42. The van der Waals surface area contributed by atoms with Crippen LogP contribution in [0.1, 0.15) is 70.2 Å². The van der Waals surface area contributed by atoms with Gasteiger partial charge in [0, 0.05) is 17.7 Å². The smallest absolute Gasteiger partial charge is 0.309 e. The molecule has 2 fully saturated rings. The highest BCUT2D eigenvalue weighted by atomic mass is 32.2. The van der Waals surface area contributed by atoms with Crippen molar-refractivity contribution in [1.82, 2.24) is 14.8 Å². The average Bonchev–Trinajstić information content (AvgIpc) is 3.33. The lowest BCUT2D eigenvalue weighted by Crippen LogP contribution is -2.23. The predicted octanol–water partition coefficient (Wildman–Crippen LogP) is 3.47. The Morgan fingerprint density at radius 2 is 2.05 bits per heavy atom. The van der Waals surface area contributed by atoms with Crippen LogP contribution in [-0.2, 0) is 4.79 Å². The van der Waals surface area contributed by atoms with Crippen LogP contribution in [0.15, 0.2) is 5.16 Å². The summed E-state index contributed by atoms with van der Waals surface area (Å²) >= 11 is 1.73. The maximum atomic E-state index is 11.1. The number of aromatic nitrogens is 3. The summed E-state index contributed by atoms with van der Waals surface area (Å²) in [7, 11) is 0. The van der Waals surface area contributed by atoms with Crippen LogP contribution in [0.2, 0.25) is 0 Å². The van der Waals surface area contributed by atoms with Gasteiger partial charge in [0.15, 0.2) is 5.16 Å². The maximum absolute atomic E-state index is 11.1. The molecule has 21 heavy (non-hydrogen) atoms. The van der Waals surface area contributed by atoms with E-state index in [2.05, 4.69) is 14.8 Å². The maximum Gasteiger partial charge on any atom is 0.309 e. The van der Waals surface area contributed by atoms with Gasteiger partial charge >= 0.3 is 5.97 Å². The zero-order valence-corrected chi connectivity index (χ0v) is 13.5. The van der Waals surface area contributed by atoms with Gasteiger partial charge in [-0.1, -0.05) is 11.8 Å². The van der Waals surface area contributed by atoms with Gasteiger partial charge in [-0.05, 0) is 52.4 Å². The van der Waals surface area contributed by atoms with Crippen LogP contribution in [-0.4, -0.2) is 31.6 Å². The molecule has 5 nitrogen and oxygen atoms in total. The van der Waals surface area contributed by atoms with Gasteiger partial charge in [-0.15, -0.1) is 10.2 Å². The van der Waals surface area contributed by atoms with E-state index in [0.29, 0.717) is 18.4 Å². The highest BCUT2D eigenvalue weighted by molar-refractivity contribution is 7.99. The Kier molecular flexibility index (Phi) is 3.99. The van der Waals surface area contributed by atoms with E-state index in [1.54, 1.807) is 25.6 Å². The van der Waals surface area contributed by atoms with E-state index in [4.69, 9.17) is 5.11 Å². The summed E-state index contributed by atoms with van der Waals surface area (Å²) in [4.78, 5) is 11.1. The van der Waals surface area contributed by atoms with Crippen molar-refractivity contribution < 1.29 is 9.90 Å². The van der Waals surface area contributed by atoms with Gasteiger partial charge in [0.2, 0.25) is 0 Å². The molecule has 1 aromatic heterocycles. The molecule has 3 rings (SSSR count). The molecule has 1 aromatic rings. The summed E-state index contributed by atoms with van der Waals surface area (Å²) in [6.45, 7) is 3.58. The monoisotopic (exact) mass is 309 g/mol. The lowest BCUT2D eigenvalue weighted by atomic mass is 9.88. The number of hydrogen-bond donors (Lipinski definition) is 1. The molecular weight excluding hydrogens is 286 g/mol. The summed E-state index contributed by atoms with van der Waals surface area (Å²) in [5.41, 5.74) is -0.635. The largest absolute Gasteiger partial charge is 0.481 e. The van der Waals surface area contributed by atoms with Crippen LogP contribution in [0.5, 0.6) is 0 Å². The minimum atomic E-state index is -0.718. The first kappa shape index (κ1) is 14.9. The van der Waals surface area contributed by atoms with Gasteiger partial charge in [-0.3, -0.25) is 4.79 Å². The molecule has 0 aliphatic heterocycles. The van der Waals surface area contributed by atoms with Crippen molar-refractivity contribution in [1.29, 1.82) is 0 Å². The molecule has 0 radical (unpaired) electrons. The molecule has 0 spiro atoms. The van der Waals surface area contributed by atoms with Crippen LogP contribution >= 0.6 is 11.8 Å². The second kappa shape index (κ2) is 5.63. The summed E-state index contributed by atoms with van der Waals surface area (Å²) in [6.07, 6.45) is 6.59. The number of rotatable bonds is 8. The van der Waals surface area contributed by atoms with E-state index in [0.717, 1.165) is 17.3 Å². The summed E-state index contributed by atoms with van der Waals surface area (Å²) < 4.78 is 2.35. The zero-order chi connectivity index (χ0) is 15.0. The van der Waals surface area contributed by atoms with Gasteiger partial charge in [0.25, 0.3) is 0 Å². The molecular formula is C15H23N3O2S. The molecule has 2 saturated carbocycles. The summed E-state index contributed by atoms with van der Waals surface area (Å²) in [6, 6.07) is 0.619. The standard InChI is InChI=1S/C15H23N3O2S/c1-15(2,13(19)20)8-3-9-21-14-17-16-12(10-4-5-10)18(14)11-6-7-11/h10-11H,3-9H2,1-2H3,(H,19,20). The molecule has 0 aromatic carbocycles. The molecule has 0 unspecified atom stereocenters. The fourth-order valence-electron chi connectivity index (χ4n) is 2.47. The molecule has 116 valence electrons. The van der Waals surface area contributed by atoms with E-state index in [-0.39, 0.29) is 0 Å². The minimum Gasteiger partial charge on any atom is -0.481 e. The lowest BCUT2D eigenvalue weighted by Gasteiger charge is -2.18. The van der Waals surface area contributed by atoms with Gasteiger partial charge in [-0.25, -0.2) is 0 Å². The zero-order valence-electron chi connectivity index (χ0n) is 12.7. The molecule has 0 saturated heterocycles. The van der Waals surface area contributed by atoms with Crippen molar-refractivity contribution >= 4 is 17.7 Å². The van der Waals surface area contributed by atoms with Gasteiger partial charge in [0.1, 0.15) is 5.82 Å². The third-order valence-electron chi connectivity index (χ3n) is 4.30. The molecule has 2 aliphatic carbocycles. The minimum absolute atomic E-state index is 0.619. The lowest BCUT2D eigenvalue weighted by molar-refractivity contribution is -0.147. The van der Waals surface area contributed by atoms with E-state index in [9.17, 15) is 4.79 Å². The van der Waals surface area contributed by atoms with E-state index in [1.807, 2.05) is 0 Å². The SMILES string of the molecule is CC(C)(CCCSc1nnc(C2CC2)n1C1CC1)C(=O)O. The van der Waals surface area contributed by atoms with Gasteiger partial charge in [0.05, 0.1) is 5.41 Å². The first-order chi connectivity index (χ1) is 9.99. The molecule has 1 heterocycles. The van der Waals surface area contributed by atoms with Crippen molar-refractivity contribution in [3.8, 4) is 0 Å². The fraction of sp³-hybridized carbons (Fsp3) is 0.800. The van der Waals surface area contributed by atoms with Crippen molar-refractivity contribution in [3.05, 3.63) is 5.82 Å². The van der Waals surface area contributed by atoms with Crippen LogP contribution in [0.3, 0.4) is 0 Å². The number of carboxylic acids is 1. The normalized spacial score (nSPS) is 19.0. The van der Waals surface area contributed by atoms with Crippen LogP contribution in [0.4, 0.5) is 0 Å². The number of nitrogens with zero attached hydrogens (tertiary/aromatic N) is 3. The molecule has 2 aliphatic rings. The number of aliphatic carboxylic acids is 1. The third kappa shape index (κ3) is 3.42. The quantitative estimate of drug-likeness (QED) is 0.588. The summed E-state index contributed by atoms with van der Waals surface area (Å²) in [5.74, 6) is 2.01. The highest BCUT2D eigenvalue weighted by Gasteiger charge is 2.36. The second-order valence-corrected chi connectivity index (χ2v) is 7.92. The number of carboxylic acid groups (broad SMARTS) is 1. The van der Waals surface area contributed by atoms with Crippen molar-refractivity contribution in [3.63, 3.8) is 0 Å². The third-order valence-corrected chi connectivity index (χ3v) is 5.33. The predicted molar refractivity (Wildman–Crippen MR) is 81.6 cm³/mol. The topological polar surface area (TPSA) is 68.0 Å². The van der Waals surface area contributed by atoms with Crippen LogP contribution in [0, 0.1) is 5.41 Å². The van der Waals surface area contributed by atoms with Crippen molar-refractivity contribution in [2.75, 3.05) is 5.75 Å². The van der Waals surface area contributed by atoms with Crippen LogP contribution in [0.25, 0.3) is 0 Å². The Balaban J connectivity index is 1.55. The van der Waals surface area contributed by atoms with Gasteiger partial charge in [-0.2, -0.15) is 0 Å². The van der Waals surface area contributed by atoms with Crippen LogP contribution < -0.4 is 0 Å². The van der Waals surface area contributed by atoms with Gasteiger partial charge < -0.3 is 9.67 Å². The number of carbonyl (C=O) groups is 1. The van der Waals surface area contributed by atoms with E-state index >= 15 is 0 Å². The molecule has 0 bridgehead atoms. The second-order valence-electron chi connectivity index (χ2n) is 6.86. The molecule has 0 atom stereocenters. The Hall–Kier alpha value is -1.04. The first-order valence-corrected chi connectivity index (χ1v) is 8.78. The average molecular weight is 309 g/mol.